The zero-order valence-electron chi connectivity index (χ0n) is 13.0. The number of rotatable bonds is 4. The van der Waals surface area contributed by atoms with E-state index >= 15 is 0 Å². The van der Waals surface area contributed by atoms with Gasteiger partial charge in [0.1, 0.15) is 0 Å². The van der Waals surface area contributed by atoms with Gasteiger partial charge in [-0.15, -0.1) is 0 Å². The molecule has 5 heteroatoms. The van der Waals surface area contributed by atoms with Gasteiger partial charge >= 0.3 is 12.0 Å². The Hall–Kier alpha value is -1.26. The SMILES string of the molecule is CC1CCCC(NC(=O)N2CCC(CCC(=O)O)C2)CC1. The number of carboxylic acid groups (broad SMARTS) is 1. The van der Waals surface area contributed by atoms with E-state index < -0.39 is 5.97 Å². The first-order valence-corrected chi connectivity index (χ1v) is 8.32. The first-order valence-electron chi connectivity index (χ1n) is 8.32. The average molecular weight is 296 g/mol. The molecule has 1 heterocycles. The molecule has 0 bridgehead atoms. The maximum absolute atomic E-state index is 12.3. The van der Waals surface area contributed by atoms with Gasteiger partial charge < -0.3 is 15.3 Å². The lowest BCUT2D eigenvalue weighted by atomic mass is 10.0. The van der Waals surface area contributed by atoms with Crippen LogP contribution in [0.4, 0.5) is 4.79 Å². The van der Waals surface area contributed by atoms with Gasteiger partial charge in [-0.1, -0.05) is 19.8 Å². The van der Waals surface area contributed by atoms with E-state index in [0.717, 1.165) is 31.7 Å². The summed E-state index contributed by atoms with van der Waals surface area (Å²) in [5.41, 5.74) is 0. The second-order valence-corrected chi connectivity index (χ2v) is 6.79. The number of hydrogen-bond acceptors (Lipinski definition) is 2. The van der Waals surface area contributed by atoms with E-state index in [1.807, 2.05) is 4.90 Å². The molecule has 1 aliphatic heterocycles. The van der Waals surface area contributed by atoms with Crippen LogP contribution in [0.1, 0.15) is 58.3 Å². The number of carbonyl (C=O) groups excluding carboxylic acids is 1. The lowest BCUT2D eigenvalue weighted by Gasteiger charge is -2.22. The van der Waals surface area contributed by atoms with Crippen molar-refractivity contribution in [2.75, 3.05) is 13.1 Å². The summed E-state index contributed by atoms with van der Waals surface area (Å²) in [7, 11) is 0. The predicted octanol–water partition coefficient (Wildman–Crippen LogP) is 2.85. The lowest BCUT2D eigenvalue weighted by molar-refractivity contribution is -0.137. The van der Waals surface area contributed by atoms with E-state index in [1.54, 1.807) is 0 Å². The number of hydrogen-bond donors (Lipinski definition) is 2. The van der Waals surface area contributed by atoms with Gasteiger partial charge in [-0.25, -0.2) is 4.79 Å². The monoisotopic (exact) mass is 296 g/mol. The first-order chi connectivity index (χ1) is 10.0. The lowest BCUT2D eigenvalue weighted by Crippen LogP contribution is -2.43. The molecular formula is C16H28N2O3. The summed E-state index contributed by atoms with van der Waals surface area (Å²) in [6, 6.07) is 0.368. The van der Waals surface area contributed by atoms with Gasteiger partial charge in [0.25, 0.3) is 0 Å². The van der Waals surface area contributed by atoms with Crippen molar-refractivity contribution >= 4 is 12.0 Å². The van der Waals surface area contributed by atoms with Crippen molar-refractivity contribution in [1.82, 2.24) is 10.2 Å². The smallest absolute Gasteiger partial charge is 0.317 e. The number of aliphatic carboxylic acids is 1. The van der Waals surface area contributed by atoms with Crippen LogP contribution in [-0.2, 0) is 4.79 Å². The highest BCUT2D eigenvalue weighted by Gasteiger charge is 2.28. The fourth-order valence-electron chi connectivity index (χ4n) is 3.48. The number of carboxylic acids is 1. The molecule has 0 aromatic carbocycles. The zero-order chi connectivity index (χ0) is 15.2. The summed E-state index contributed by atoms with van der Waals surface area (Å²) in [6.45, 7) is 3.76. The molecule has 0 aromatic heterocycles. The predicted molar refractivity (Wildman–Crippen MR) is 81.1 cm³/mol. The Morgan fingerprint density at radius 1 is 1.19 bits per heavy atom. The van der Waals surface area contributed by atoms with Gasteiger partial charge in [0.15, 0.2) is 0 Å². The highest BCUT2D eigenvalue weighted by molar-refractivity contribution is 5.74. The third kappa shape index (κ3) is 5.21. The second kappa shape index (κ2) is 7.66. The molecule has 120 valence electrons. The van der Waals surface area contributed by atoms with Crippen LogP contribution in [0.25, 0.3) is 0 Å². The minimum atomic E-state index is -0.745. The Balaban J connectivity index is 1.72. The number of likely N-dealkylation sites (tertiary alicyclic amines) is 1. The van der Waals surface area contributed by atoms with Crippen molar-refractivity contribution < 1.29 is 14.7 Å². The van der Waals surface area contributed by atoms with E-state index in [9.17, 15) is 9.59 Å². The highest BCUT2D eigenvalue weighted by Crippen LogP contribution is 2.24. The van der Waals surface area contributed by atoms with Crippen LogP contribution in [0.3, 0.4) is 0 Å². The normalized spacial score (nSPS) is 30.0. The maximum Gasteiger partial charge on any atom is 0.317 e. The van der Waals surface area contributed by atoms with Crippen molar-refractivity contribution in [2.45, 2.75) is 64.3 Å². The van der Waals surface area contributed by atoms with E-state index in [0.29, 0.717) is 24.9 Å². The molecule has 3 atom stereocenters. The Labute approximate surface area is 127 Å². The Bertz CT molecular complexity index is 373. The fraction of sp³-hybridized carbons (Fsp3) is 0.875. The molecule has 0 aromatic rings. The quantitative estimate of drug-likeness (QED) is 0.784. The Morgan fingerprint density at radius 3 is 2.76 bits per heavy atom. The molecule has 0 radical (unpaired) electrons. The van der Waals surface area contributed by atoms with Gasteiger partial charge in [0, 0.05) is 25.6 Å². The molecule has 2 rings (SSSR count). The molecule has 1 aliphatic carbocycles. The molecular weight excluding hydrogens is 268 g/mol. The van der Waals surface area contributed by atoms with Crippen LogP contribution in [0, 0.1) is 11.8 Å². The largest absolute Gasteiger partial charge is 0.481 e. The summed E-state index contributed by atoms with van der Waals surface area (Å²) in [5, 5.41) is 11.9. The number of urea groups is 1. The fourth-order valence-corrected chi connectivity index (χ4v) is 3.48. The van der Waals surface area contributed by atoms with Crippen LogP contribution in [0.15, 0.2) is 0 Å². The first kappa shape index (κ1) is 16.1. The number of carbonyl (C=O) groups is 2. The van der Waals surface area contributed by atoms with Crippen molar-refractivity contribution in [3.05, 3.63) is 0 Å². The Kier molecular flexibility index (Phi) is 5.88. The zero-order valence-corrected chi connectivity index (χ0v) is 13.0. The molecule has 2 amide bonds. The minimum absolute atomic E-state index is 0.0485. The Morgan fingerprint density at radius 2 is 2.00 bits per heavy atom. The van der Waals surface area contributed by atoms with Crippen molar-refractivity contribution in [3.63, 3.8) is 0 Å². The third-order valence-corrected chi connectivity index (χ3v) is 4.92. The van der Waals surface area contributed by atoms with E-state index in [1.165, 1.54) is 19.3 Å². The standard InChI is InChI=1S/C16H28N2O3/c1-12-3-2-4-14(7-5-12)17-16(21)18-10-9-13(11-18)6-8-15(19)20/h12-14H,2-11H2,1H3,(H,17,21)(H,19,20). The van der Waals surface area contributed by atoms with E-state index in [4.69, 9.17) is 5.11 Å². The second-order valence-electron chi connectivity index (χ2n) is 6.79. The number of amides is 2. The van der Waals surface area contributed by atoms with Crippen LogP contribution in [-0.4, -0.2) is 41.1 Å². The summed E-state index contributed by atoms with van der Waals surface area (Å²) in [6.07, 6.45) is 7.67. The molecule has 3 unspecified atom stereocenters. The number of nitrogens with one attached hydrogen (secondary N) is 1. The van der Waals surface area contributed by atoms with Gasteiger partial charge in [0.2, 0.25) is 0 Å². The average Bonchev–Trinajstić information content (AvgIpc) is 2.82. The van der Waals surface area contributed by atoms with Gasteiger partial charge in [-0.05, 0) is 43.9 Å². The van der Waals surface area contributed by atoms with Crippen molar-refractivity contribution in [2.24, 2.45) is 11.8 Å². The third-order valence-electron chi connectivity index (χ3n) is 4.92. The molecule has 2 aliphatic rings. The van der Waals surface area contributed by atoms with Crippen molar-refractivity contribution in [3.8, 4) is 0 Å². The molecule has 21 heavy (non-hydrogen) atoms. The van der Waals surface area contributed by atoms with Crippen LogP contribution >= 0.6 is 0 Å². The van der Waals surface area contributed by atoms with E-state index in [2.05, 4.69) is 12.2 Å². The summed E-state index contributed by atoms with van der Waals surface area (Å²) < 4.78 is 0. The summed E-state index contributed by atoms with van der Waals surface area (Å²) in [5.74, 6) is 0.380. The molecule has 2 fully saturated rings. The van der Waals surface area contributed by atoms with Gasteiger partial charge in [-0.3, -0.25) is 4.79 Å². The van der Waals surface area contributed by atoms with Crippen LogP contribution in [0.5, 0.6) is 0 Å². The summed E-state index contributed by atoms with van der Waals surface area (Å²) >= 11 is 0. The molecule has 0 spiro atoms. The highest BCUT2D eigenvalue weighted by atomic mass is 16.4. The van der Waals surface area contributed by atoms with Gasteiger partial charge in [0.05, 0.1) is 0 Å². The van der Waals surface area contributed by atoms with Crippen LogP contribution in [0.2, 0.25) is 0 Å². The van der Waals surface area contributed by atoms with Crippen molar-refractivity contribution in [1.29, 1.82) is 0 Å². The topological polar surface area (TPSA) is 69.6 Å². The van der Waals surface area contributed by atoms with Crippen LogP contribution < -0.4 is 5.32 Å². The molecule has 1 saturated heterocycles. The molecule has 1 saturated carbocycles. The molecule has 5 nitrogen and oxygen atoms in total. The van der Waals surface area contributed by atoms with Gasteiger partial charge in [-0.2, -0.15) is 0 Å². The maximum atomic E-state index is 12.3. The summed E-state index contributed by atoms with van der Waals surface area (Å²) in [4.78, 5) is 24.8. The van der Waals surface area contributed by atoms with E-state index in [-0.39, 0.29) is 12.5 Å². The number of nitrogens with zero attached hydrogens (tertiary/aromatic N) is 1. The minimum Gasteiger partial charge on any atom is -0.481 e. The molecule has 2 N–H and O–H groups in total.